The summed E-state index contributed by atoms with van der Waals surface area (Å²) in [6, 6.07) is 7.10. The second kappa shape index (κ2) is 4.77. The number of nitrogens with two attached hydrogens (primary N) is 1. The molecule has 0 aliphatic carbocycles. The van der Waals surface area contributed by atoms with Crippen LogP contribution < -0.4 is 10.5 Å². The van der Waals surface area contributed by atoms with E-state index < -0.39 is 0 Å². The first-order chi connectivity index (χ1) is 9.31. The van der Waals surface area contributed by atoms with Crippen molar-refractivity contribution in [2.75, 3.05) is 5.73 Å². The zero-order chi connectivity index (χ0) is 13.1. The predicted molar refractivity (Wildman–Crippen MR) is 64.9 cm³/mol. The van der Waals surface area contributed by atoms with Gasteiger partial charge in [0, 0.05) is 11.8 Å². The zero-order valence-electron chi connectivity index (χ0n) is 9.78. The molecule has 3 aromatic rings. The Labute approximate surface area is 107 Å². The van der Waals surface area contributed by atoms with Crippen molar-refractivity contribution in [1.29, 1.82) is 0 Å². The number of hydrogen-bond acceptors (Lipinski definition) is 7. The molecule has 0 fully saturated rings. The Balaban J connectivity index is 1.68. The first-order valence-corrected chi connectivity index (χ1v) is 5.48. The lowest BCUT2D eigenvalue weighted by molar-refractivity contribution is 0.243. The number of ether oxygens (including phenoxy) is 1. The van der Waals surface area contributed by atoms with Crippen LogP contribution in [0.1, 0.15) is 5.89 Å². The number of nitrogen functional groups attached to an aromatic ring is 1. The molecule has 0 unspecified atom stereocenters. The summed E-state index contributed by atoms with van der Waals surface area (Å²) in [5.41, 5.74) is 6.28. The Bertz CT molecular complexity index is 663. The first kappa shape index (κ1) is 11.2. The summed E-state index contributed by atoms with van der Waals surface area (Å²) in [6.45, 7) is 0.157. The zero-order valence-corrected chi connectivity index (χ0v) is 9.78. The third-order valence-corrected chi connectivity index (χ3v) is 2.32. The number of hydrogen-bond donors (Lipinski definition) is 2. The summed E-state index contributed by atoms with van der Waals surface area (Å²) in [5, 5.41) is 10.1. The summed E-state index contributed by atoms with van der Waals surface area (Å²) >= 11 is 0. The van der Waals surface area contributed by atoms with E-state index in [2.05, 4.69) is 25.3 Å². The average molecular weight is 258 g/mol. The van der Waals surface area contributed by atoms with Gasteiger partial charge in [0.2, 0.25) is 5.82 Å². The molecule has 0 amide bonds. The van der Waals surface area contributed by atoms with Crippen molar-refractivity contribution in [2.24, 2.45) is 0 Å². The van der Waals surface area contributed by atoms with Crippen LogP contribution >= 0.6 is 0 Å². The highest BCUT2D eigenvalue weighted by Crippen LogP contribution is 2.16. The smallest absolute Gasteiger partial charge is 0.264 e. The minimum absolute atomic E-state index is 0.157. The number of anilines is 1. The van der Waals surface area contributed by atoms with Crippen LogP contribution in [0.2, 0.25) is 0 Å². The molecule has 0 bridgehead atoms. The van der Waals surface area contributed by atoms with Crippen LogP contribution in [0.3, 0.4) is 0 Å². The fourth-order valence-corrected chi connectivity index (χ4v) is 1.47. The lowest BCUT2D eigenvalue weighted by Crippen LogP contribution is -1.96. The summed E-state index contributed by atoms with van der Waals surface area (Å²) in [6.07, 6.45) is 1.37. The van der Waals surface area contributed by atoms with Gasteiger partial charge in [0.05, 0.1) is 0 Å². The lowest BCUT2D eigenvalue weighted by Gasteiger charge is -2.02. The third-order valence-electron chi connectivity index (χ3n) is 2.32. The molecule has 96 valence electrons. The van der Waals surface area contributed by atoms with Crippen LogP contribution in [0.15, 0.2) is 35.1 Å². The van der Waals surface area contributed by atoms with Gasteiger partial charge in [-0.2, -0.15) is 10.1 Å². The first-order valence-electron chi connectivity index (χ1n) is 5.48. The molecule has 8 nitrogen and oxygen atoms in total. The van der Waals surface area contributed by atoms with Gasteiger partial charge < -0.3 is 15.0 Å². The van der Waals surface area contributed by atoms with E-state index in [1.165, 1.54) is 6.33 Å². The van der Waals surface area contributed by atoms with Crippen LogP contribution in [-0.4, -0.2) is 25.3 Å². The highest BCUT2D eigenvalue weighted by atomic mass is 16.5. The number of rotatable bonds is 4. The Morgan fingerprint density at radius 2 is 2.32 bits per heavy atom. The van der Waals surface area contributed by atoms with Gasteiger partial charge in [0.15, 0.2) is 12.4 Å². The molecular formula is C11H10N6O2. The van der Waals surface area contributed by atoms with Crippen molar-refractivity contribution in [3.05, 3.63) is 36.5 Å². The van der Waals surface area contributed by atoms with Crippen LogP contribution in [0.25, 0.3) is 11.6 Å². The molecule has 2 heterocycles. The van der Waals surface area contributed by atoms with E-state index >= 15 is 0 Å². The number of H-pyrrole nitrogens is 1. The van der Waals surface area contributed by atoms with Crippen molar-refractivity contribution in [3.63, 3.8) is 0 Å². The molecule has 2 aromatic heterocycles. The van der Waals surface area contributed by atoms with Crippen molar-refractivity contribution in [3.8, 4) is 17.4 Å². The molecule has 0 radical (unpaired) electrons. The molecule has 0 saturated carbocycles. The Morgan fingerprint density at radius 1 is 1.37 bits per heavy atom. The largest absolute Gasteiger partial charge is 0.484 e. The van der Waals surface area contributed by atoms with E-state index in [4.69, 9.17) is 15.0 Å². The maximum absolute atomic E-state index is 5.65. The van der Waals surface area contributed by atoms with E-state index in [-0.39, 0.29) is 6.61 Å². The summed E-state index contributed by atoms with van der Waals surface area (Å²) in [5.74, 6) is 1.76. The number of aromatic nitrogens is 5. The van der Waals surface area contributed by atoms with E-state index in [1.54, 1.807) is 24.3 Å². The molecule has 3 N–H and O–H groups in total. The van der Waals surface area contributed by atoms with Gasteiger partial charge in [-0.15, -0.1) is 0 Å². The Hall–Kier alpha value is -2.90. The van der Waals surface area contributed by atoms with Crippen molar-refractivity contribution >= 4 is 5.69 Å². The fourth-order valence-electron chi connectivity index (χ4n) is 1.47. The molecule has 0 saturated heterocycles. The molecule has 0 aliphatic heterocycles. The quantitative estimate of drug-likeness (QED) is 0.671. The topological polar surface area (TPSA) is 116 Å². The van der Waals surface area contributed by atoms with Gasteiger partial charge in [-0.1, -0.05) is 11.2 Å². The summed E-state index contributed by atoms with van der Waals surface area (Å²) in [7, 11) is 0. The normalized spacial score (nSPS) is 10.5. The van der Waals surface area contributed by atoms with Gasteiger partial charge in [0.1, 0.15) is 12.1 Å². The molecule has 3 rings (SSSR count). The van der Waals surface area contributed by atoms with E-state index in [0.29, 0.717) is 29.0 Å². The molecule has 19 heavy (non-hydrogen) atoms. The third kappa shape index (κ3) is 2.51. The standard InChI is InChI=1S/C11H10N6O2/c12-7-2-1-3-8(4-7)18-5-9-15-11(17-19-9)10-13-6-14-16-10/h1-4,6H,5,12H2,(H,13,14,16). The Morgan fingerprint density at radius 3 is 3.11 bits per heavy atom. The predicted octanol–water partition coefficient (Wildman–Crippen LogP) is 1.02. The van der Waals surface area contributed by atoms with Crippen LogP contribution in [0.5, 0.6) is 5.75 Å². The maximum Gasteiger partial charge on any atom is 0.264 e. The van der Waals surface area contributed by atoms with E-state index in [9.17, 15) is 0 Å². The van der Waals surface area contributed by atoms with E-state index in [1.807, 2.05) is 0 Å². The van der Waals surface area contributed by atoms with Crippen molar-refractivity contribution < 1.29 is 9.26 Å². The highest BCUT2D eigenvalue weighted by Gasteiger charge is 2.11. The van der Waals surface area contributed by atoms with Crippen molar-refractivity contribution in [2.45, 2.75) is 6.61 Å². The maximum atomic E-state index is 5.65. The summed E-state index contributed by atoms with van der Waals surface area (Å²) < 4.78 is 10.5. The van der Waals surface area contributed by atoms with E-state index in [0.717, 1.165) is 0 Å². The SMILES string of the molecule is Nc1cccc(OCc2nc(-c3ncn[nH]3)no2)c1. The van der Waals surface area contributed by atoms with Gasteiger partial charge >= 0.3 is 0 Å². The lowest BCUT2D eigenvalue weighted by atomic mass is 10.3. The second-order valence-corrected chi connectivity index (χ2v) is 3.71. The molecular weight excluding hydrogens is 248 g/mol. The molecule has 8 heteroatoms. The van der Waals surface area contributed by atoms with Gasteiger partial charge in [0.25, 0.3) is 5.89 Å². The average Bonchev–Trinajstić information content (AvgIpc) is 3.07. The Kier molecular flexibility index (Phi) is 2.81. The molecule has 0 aliphatic rings. The molecule has 0 spiro atoms. The van der Waals surface area contributed by atoms with Crippen LogP contribution in [0, 0.1) is 0 Å². The monoisotopic (exact) mass is 258 g/mol. The van der Waals surface area contributed by atoms with Gasteiger partial charge in [-0.3, -0.25) is 5.10 Å². The van der Waals surface area contributed by atoms with Gasteiger partial charge in [-0.05, 0) is 12.1 Å². The number of aromatic amines is 1. The second-order valence-electron chi connectivity index (χ2n) is 3.71. The number of benzene rings is 1. The number of nitrogens with one attached hydrogen (secondary N) is 1. The van der Waals surface area contributed by atoms with Crippen LogP contribution in [0.4, 0.5) is 5.69 Å². The molecule has 1 aromatic carbocycles. The highest BCUT2D eigenvalue weighted by molar-refractivity contribution is 5.43. The summed E-state index contributed by atoms with van der Waals surface area (Å²) in [4.78, 5) is 8.04. The van der Waals surface area contributed by atoms with Crippen molar-refractivity contribution in [1.82, 2.24) is 25.3 Å². The minimum atomic E-state index is 0.157. The molecule has 0 atom stereocenters. The van der Waals surface area contributed by atoms with Gasteiger partial charge in [-0.25, -0.2) is 4.98 Å². The number of nitrogens with zero attached hydrogens (tertiary/aromatic N) is 4. The van der Waals surface area contributed by atoms with Crippen LogP contribution in [-0.2, 0) is 6.61 Å². The minimum Gasteiger partial charge on any atom is -0.484 e. The fraction of sp³-hybridized carbons (Fsp3) is 0.0909.